The molecule has 24 heavy (non-hydrogen) atoms. The summed E-state index contributed by atoms with van der Waals surface area (Å²) in [6, 6.07) is 5.21. The molecule has 1 saturated heterocycles. The molecule has 1 aliphatic heterocycles. The molecule has 1 aromatic rings. The lowest BCUT2D eigenvalue weighted by Crippen LogP contribution is -2.32. The zero-order chi connectivity index (χ0) is 17.3. The largest absolute Gasteiger partial charge is 0.496 e. The molecule has 1 atom stereocenters. The molecule has 2 fully saturated rings. The summed E-state index contributed by atoms with van der Waals surface area (Å²) in [5.74, 6) is 0.565. The van der Waals surface area contributed by atoms with E-state index >= 15 is 0 Å². The van der Waals surface area contributed by atoms with Crippen molar-refractivity contribution >= 4 is 16.0 Å². The van der Waals surface area contributed by atoms with Crippen LogP contribution < -0.4 is 4.74 Å². The molecule has 0 N–H and O–H groups in total. The third-order valence-corrected chi connectivity index (χ3v) is 7.13. The van der Waals surface area contributed by atoms with Gasteiger partial charge in [-0.2, -0.15) is 0 Å². The fourth-order valence-corrected chi connectivity index (χ4v) is 5.20. The minimum absolute atomic E-state index is 0.159. The van der Waals surface area contributed by atoms with E-state index in [1.54, 1.807) is 29.6 Å². The van der Waals surface area contributed by atoms with E-state index in [1.807, 2.05) is 0 Å². The minimum atomic E-state index is -3.10. The van der Waals surface area contributed by atoms with E-state index in [2.05, 4.69) is 0 Å². The van der Waals surface area contributed by atoms with E-state index in [0.29, 0.717) is 30.8 Å². The normalized spacial score (nSPS) is 21.7. The second-order valence-corrected chi connectivity index (χ2v) is 8.69. The Morgan fingerprint density at radius 2 is 2.00 bits per heavy atom. The Morgan fingerprint density at radius 3 is 2.62 bits per heavy atom. The summed E-state index contributed by atoms with van der Waals surface area (Å²) in [6.07, 6.45) is 3.10. The average molecular weight is 353 g/mol. The van der Waals surface area contributed by atoms with Gasteiger partial charge in [0.1, 0.15) is 5.75 Å². The van der Waals surface area contributed by atoms with Gasteiger partial charge in [0.15, 0.2) is 0 Å². The number of hydrogen-bond acceptors (Lipinski definition) is 5. The van der Waals surface area contributed by atoms with Gasteiger partial charge in [0, 0.05) is 13.1 Å². The maximum absolute atomic E-state index is 12.3. The molecule has 7 heteroatoms. The van der Waals surface area contributed by atoms with Crippen molar-refractivity contribution in [3.05, 3.63) is 29.3 Å². The smallest absolute Gasteiger partial charge is 0.337 e. The van der Waals surface area contributed by atoms with Crippen LogP contribution in [0.3, 0.4) is 0 Å². The predicted molar refractivity (Wildman–Crippen MR) is 89.7 cm³/mol. The predicted octanol–water partition coefficient (Wildman–Crippen LogP) is 1.84. The first kappa shape index (κ1) is 17.2. The van der Waals surface area contributed by atoms with Crippen molar-refractivity contribution in [1.29, 1.82) is 0 Å². The summed E-state index contributed by atoms with van der Waals surface area (Å²) in [7, 11) is -0.161. The van der Waals surface area contributed by atoms with E-state index < -0.39 is 10.0 Å². The minimum Gasteiger partial charge on any atom is -0.496 e. The number of carbonyl (C=O) groups excluding carboxylic acids is 1. The lowest BCUT2D eigenvalue weighted by atomic mass is 9.96. The van der Waals surface area contributed by atoms with Crippen LogP contribution in [0.4, 0.5) is 0 Å². The number of esters is 1. The van der Waals surface area contributed by atoms with Crippen LogP contribution in [0, 0.1) is 5.92 Å². The highest BCUT2D eigenvalue weighted by Crippen LogP contribution is 2.35. The molecular formula is C17H23NO5S. The summed E-state index contributed by atoms with van der Waals surface area (Å²) in [5.41, 5.74) is 1.39. The van der Waals surface area contributed by atoms with Crippen LogP contribution in [0.1, 0.15) is 35.2 Å². The Labute approximate surface area is 142 Å². The quantitative estimate of drug-likeness (QED) is 0.730. The van der Waals surface area contributed by atoms with Crippen molar-refractivity contribution in [3.63, 3.8) is 0 Å². The highest BCUT2D eigenvalue weighted by molar-refractivity contribution is 7.90. The number of benzene rings is 1. The van der Waals surface area contributed by atoms with Crippen molar-refractivity contribution in [2.24, 2.45) is 5.92 Å². The third kappa shape index (κ3) is 3.42. The number of ether oxygens (including phenoxy) is 2. The van der Waals surface area contributed by atoms with Gasteiger partial charge < -0.3 is 9.47 Å². The molecule has 1 aliphatic carbocycles. The van der Waals surface area contributed by atoms with Gasteiger partial charge >= 0.3 is 5.97 Å². The number of rotatable bonds is 6. The van der Waals surface area contributed by atoms with E-state index in [1.165, 1.54) is 7.11 Å². The molecule has 1 heterocycles. The molecule has 3 rings (SSSR count). The molecular weight excluding hydrogens is 330 g/mol. The van der Waals surface area contributed by atoms with Crippen LogP contribution in [-0.4, -0.2) is 51.3 Å². The van der Waals surface area contributed by atoms with Crippen molar-refractivity contribution in [2.45, 2.75) is 30.9 Å². The highest BCUT2D eigenvalue weighted by atomic mass is 32.2. The summed E-state index contributed by atoms with van der Waals surface area (Å²) in [4.78, 5) is 11.7. The van der Waals surface area contributed by atoms with Gasteiger partial charge in [-0.15, -0.1) is 0 Å². The second kappa shape index (κ2) is 6.72. The fourth-order valence-electron chi connectivity index (χ4n) is 3.27. The lowest BCUT2D eigenvalue weighted by molar-refractivity contribution is 0.0600. The first-order valence-corrected chi connectivity index (χ1v) is 9.70. The molecule has 0 aromatic heterocycles. The van der Waals surface area contributed by atoms with Crippen LogP contribution >= 0.6 is 0 Å². The van der Waals surface area contributed by atoms with E-state index in [0.717, 1.165) is 24.8 Å². The summed E-state index contributed by atoms with van der Waals surface area (Å²) in [5, 5.41) is -0.159. The Bertz CT molecular complexity index is 726. The van der Waals surface area contributed by atoms with Crippen LogP contribution in [0.25, 0.3) is 0 Å². The van der Waals surface area contributed by atoms with Gasteiger partial charge in [-0.05, 0) is 55.4 Å². The standard InChI is InChI=1S/C17H23NO5S/c1-22-16-6-3-13(17(19)23-2)10-14(16)9-12-7-8-18(11-12)24(20,21)15-4-5-15/h3,6,10,12,15H,4-5,7-9,11H2,1-2H3. The highest BCUT2D eigenvalue weighted by Gasteiger charge is 2.42. The van der Waals surface area contributed by atoms with Crippen LogP contribution in [0.5, 0.6) is 5.75 Å². The molecule has 0 bridgehead atoms. The number of carbonyl (C=O) groups is 1. The number of hydrogen-bond donors (Lipinski definition) is 0. The number of sulfonamides is 1. The Hall–Kier alpha value is -1.60. The van der Waals surface area contributed by atoms with E-state index in [-0.39, 0.29) is 17.1 Å². The zero-order valence-electron chi connectivity index (χ0n) is 14.0. The van der Waals surface area contributed by atoms with Crippen LogP contribution in [0.2, 0.25) is 0 Å². The maximum Gasteiger partial charge on any atom is 0.337 e. The second-order valence-electron chi connectivity index (χ2n) is 6.48. The average Bonchev–Trinajstić information content (AvgIpc) is 3.34. The van der Waals surface area contributed by atoms with Crippen molar-refractivity contribution in [3.8, 4) is 5.75 Å². The molecule has 132 valence electrons. The molecule has 0 spiro atoms. The van der Waals surface area contributed by atoms with Gasteiger partial charge in [-0.25, -0.2) is 17.5 Å². The molecule has 0 radical (unpaired) electrons. The fraction of sp³-hybridized carbons (Fsp3) is 0.588. The zero-order valence-corrected chi connectivity index (χ0v) is 14.8. The topological polar surface area (TPSA) is 72.9 Å². The summed E-state index contributed by atoms with van der Waals surface area (Å²) >= 11 is 0. The van der Waals surface area contributed by atoms with Crippen LogP contribution in [0.15, 0.2) is 18.2 Å². The molecule has 1 saturated carbocycles. The molecule has 0 amide bonds. The SMILES string of the molecule is COC(=O)c1ccc(OC)c(CC2CCN(S(=O)(=O)C3CC3)C2)c1. The van der Waals surface area contributed by atoms with Gasteiger partial charge in [-0.1, -0.05) is 0 Å². The third-order valence-electron chi connectivity index (χ3n) is 4.76. The van der Waals surface area contributed by atoms with Gasteiger partial charge in [0.2, 0.25) is 10.0 Å². The van der Waals surface area contributed by atoms with Gasteiger partial charge in [0.05, 0.1) is 25.0 Å². The summed E-state index contributed by atoms with van der Waals surface area (Å²) < 4.78 is 36.5. The van der Waals surface area contributed by atoms with Gasteiger partial charge in [0.25, 0.3) is 0 Å². The first-order chi connectivity index (χ1) is 11.5. The molecule has 2 aliphatic rings. The van der Waals surface area contributed by atoms with Gasteiger partial charge in [-0.3, -0.25) is 0 Å². The van der Waals surface area contributed by atoms with Crippen molar-refractivity contribution in [2.75, 3.05) is 27.3 Å². The van der Waals surface area contributed by atoms with Crippen molar-refractivity contribution < 1.29 is 22.7 Å². The Balaban J connectivity index is 1.73. The van der Waals surface area contributed by atoms with E-state index in [4.69, 9.17) is 9.47 Å². The molecule has 6 nitrogen and oxygen atoms in total. The number of methoxy groups -OCH3 is 2. The Kier molecular flexibility index (Phi) is 4.83. The Morgan fingerprint density at radius 1 is 1.25 bits per heavy atom. The van der Waals surface area contributed by atoms with Crippen molar-refractivity contribution in [1.82, 2.24) is 4.31 Å². The first-order valence-electron chi connectivity index (χ1n) is 8.20. The monoisotopic (exact) mass is 353 g/mol. The van der Waals surface area contributed by atoms with E-state index in [9.17, 15) is 13.2 Å². The maximum atomic E-state index is 12.3. The molecule has 1 aromatic carbocycles. The molecule has 1 unspecified atom stereocenters. The lowest BCUT2D eigenvalue weighted by Gasteiger charge is -2.17. The van der Waals surface area contributed by atoms with Crippen LogP contribution in [-0.2, 0) is 21.2 Å². The number of nitrogens with zero attached hydrogens (tertiary/aromatic N) is 1. The summed E-state index contributed by atoms with van der Waals surface area (Å²) in [6.45, 7) is 1.13.